The Morgan fingerprint density at radius 2 is 2.00 bits per heavy atom. The summed E-state index contributed by atoms with van der Waals surface area (Å²) >= 11 is 0. The Balaban J connectivity index is 1.44. The van der Waals surface area contributed by atoms with Gasteiger partial charge in [-0.2, -0.15) is 4.98 Å². The monoisotopic (exact) mass is 371 g/mol. The molecule has 1 aliphatic carbocycles. The highest BCUT2D eigenvalue weighted by Gasteiger charge is 2.23. The number of nitrogens with one attached hydrogen (secondary N) is 2. The molecule has 0 bridgehead atoms. The molecule has 27 heavy (non-hydrogen) atoms. The first-order valence-corrected chi connectivity index (χ1v) is 9.54. The molecule has 0 aliphatic heterocycles. The van der Waals surface area contributed by atoms with Crippen molar-refractivity contribution in [2.45, 2.75) is 45.6 Å². The molecule has 0 unspecified atom stereocenters. The van der Waals surface area contributed by atoms with Gasteiger partial charge in [-0.05, 0) is 57.6 Å². The highest BCUT2D eigenvalue weighted by atomic mass is 16.3. The average molecular weight is 371 g/mol. The van der Waals surface area contributed by atoms with Crippen LogP contribution in [0.15, 0.2) is 22.7 Å². The number of nitrogens with zero attached hydrogens (tertiary/aromatic N) is 3. The van der Waals surface area contributed by atoms with Gasteiger partial charge in [0, 0.05) is 32.9 Å². The SMILES string of the molecule is Cc1cc(C(=O)NCC2CCC(Nc3nccc(N(C)C)n3)CC2)c(C)o1. The molecule has 1 saturated carbocycles. The van der Waals surface area contributed by atoms with Crippen LogP contribution in [0.4, 0.5) is 11.8 Å². The van der Waals surface area contributed by atoms with Crippen molar-refractivity contribution in [3.8, 4) is 0 Å². The summed E-state index contributed by atoms with van der Waals surface area (Å²) in [5.74, 6) is 3.49. The number of hydrogen-bond acceptors (Lipinski definition) is 6. The van der Waals surface area contributed by atoms with Crippen LogP contribution in [0.5, 0.6) is 0 Å². The summed E-state index contributed by atoms with van der Waals surface area (Å²) in [6.45, 7) is 4.39. The normalized spacial score (nSPS) is 19.6. The standard InChI is InChI=1S/C20H29N5O2/c1-13-11-17(14(2)27-13)19(26)22-12-15-5-7-16(8-6-15)23-20-21-10-9-18(24-20)25(3)4/h9-11,15-16H,5-8,12H2,1-4H3,(H,22,26)(H,21,23,24). The number of aryl methyl sites for hydroxylation is 2. The van der Waals surface area contributed by atoms with E-state index in [4.69, 9.17) is 4.42 Å². The minimum absolute atomic E-state index is 0.0431. The largest absolute Gasteiger partial charge is 0.466 e. The first-order chi connectivity index (χ1) is 12.9. The quantitative estimate of drug-likeness (QED) is 0.812. The van der Waals surface area contributed by atoms with Crippen LogP contribution in [-0.4, -0.2) is 42.6 Å². The molecule has 1 amide bonds. The Morgan fingerprint density at radius 1 is 1.26 bits per heavy atom. The van der Waals surface area contributed by atoms with Crippen molar-refractivity contribution in [1.82, 2.24) is 15.3 Å². The lowest BCUT2D eigenvalue weighted by molar-refractivity contribution is 0.0941. The fraction of sp³-hybridized carbons (Fsp3) is 0.550. The molecule has 3 rings (SSSR count). The number of carbonyl (C=O) groups excluding carboxylic acids is 1. The maximum atomic E-state index is 12.3. The minimum Gasteiger partial charge on any atom is -0.466 e. The number of rotatable bonds is 6. The van der Waals surface area contributed by atoms with Crippen molar-refractivity contribution in [2.75, 3.05) is 30.9 Å². The van der Waals surface area contributed by atoms with Crippen molar-refractivity contribution in [1.29, 1.82) is 0 Å². The molecule has 1 fully saturated rings. The first-order valence-electron chi connectivity index (χ1n) is 9.54. The van der Waals surface area contributed by atoms with Gasteiger partial charge in [0.1, 0.15) is 17.3 Å². The average Bonchev–Trinajstić information content (AvgIpc) is 2.99. The van der Waals surface area contributed by atoms with Gasteiger partial charge in [-0.25, -0.2) is 4.98 Å². The summed E-state index contributed by atoms with van der Waals surface area (Å²) < 4.78 is 5.44. The molecule has 0 atom stereocenters. The third kappa shape index (κ3) is 4.99. The van der Waals surface area contributed by atoms with Crippen LogP contribution in [0.1, 0.15) is 47.6 Å². The molecule has 2 aromatic heterocycles. The van der Waals surface area contributed by atoms with E-state index in [1.165, 1.54) is 0 Å². The van der Waals surface area contributed by atoms with E-state index >= 15 is 0 Å². The van der Waals surface area contributed by atoms with E-state index in [0.717, 1.165) is 37.3 Å². The second kappa shape index (κ2) is 8.41. The van der Waals surface area contributed by atoms with Crippen LogP contribution in [0.2, 0.25) is 0 Å². The molecular weight excluding hydrogens is 342 g/mol. The third-order valence-electron chi connectivity index (χ3n) is 5.12. The van der Waals surface area contributed by atoms with Gasteiger partial charge in [0.25, 0.3) is 5.91 Å². The summed E-state index contributed by atoms with van der Waals surface area (Å²) in [5, 5.41) is 6.51. The van der Waals surface area contributed by atoms with E-state index in [-0.39, 0.29) is 5.91 Å². The minimum atomic E-state index is -0.0431. The van der Waals surface area contributed by atoms with Gasteiger partial charge >= 0.3 is 0 Å². The van der Waals surface area contributed by atoms with Crippen LogP contribution in [0, 0.1) is 19.8 Å². The number of aromatic nitrogens is 2. The lowest BCUT2D eigenvalue weighted by Crippen LogP contribution is -2.34. The van der Waals surface area contributed by atoms with E-state index < -0.39 is 0 Å². The maximum Gasteiger partial charge on any atom is 0.254 e. The second-order valence-corrected chi connectivity index (χ2v) is 7.53. The van der Waals surface area contributed by atoms with Crippen LogP contribution in [0.25, 0.3) is 0 Å². The summed E-state index contributed by atoms with van der Waals surface area (Å²) in [6.07, 6.45) is 6.05. The van der Waals surface area contributed by atoms with E-state index in [9.17, 15) is 4.79 Å². The third-order valence-corrected chi connectivity index (χ3v) is 5.12. The second-order valence-electron chi connectivity index (χ2n) is 7.53. The summed E-state index contributed by atoms with van der Waals surface area (Å²) in [4.78, 5) is 23.1. The Labute approximate surface area is 160 Å². The Morgan fingerprint density at radius 3 is 2.63 bits per heavy atom. The number of anilines is 2. The number of furan rings is 1. The lowest BCUT2D eigenvalue weighted by atomic mass is 9.86. The number of hydrogen-bond donors (Lipinski definition) is 2. The molecule has 1 aliphatic rings. The first kappa shape index (κ1) is 19.2. The van der Waals surface area contributed by atoms with Crippen LogP contribution in [-0.2, 0) is 0 Å². The lowest BCUT2D eigenvalue weighted by Gasteiger charge is -2.29. The van der Waals surface area contributed by atoms with Crippen LogP contribution < -0.4 is 15.5 Å². The zero-order valence-corrected chi connectivity index (χ0v) is 16.6. The highest BCUT2D eigenvalue weighted by molar-refractivity contribution is 5.95. The molecule has 0 radical (unpaired) electrons. The molecule has 2 aromatic rings. The molecule has 2 N–H and O–H groups in total. The summed E-state index contributed by atoms with van der Waals surface area (Å²) in [6, 6.07) is 4.08. The van der Waals surface area contributed by atoms with Gasteiger partial charge in [-0.1, -0.05) is 0 Å². The predicted molar refractivity (Wildman–Crippen MR) is 106 cm³/mol. The Hall–Kier alpha value is -2.57. The van der Waals surface area contributed by atoms with Crippen molar-refractivity contribution < 1.29 is 9.21 Å². The van der Waals surface area contributed by atoms with E-state index in [0.29, 0.717) is 35.8 Å². The maximum absolute atomic E-state index is 12.3. The van der Waals surface area contributed by atoms with Gasteiger partial charge in [0.2, 0.25) is 5.95 Å². The Bertz CT molecular complexity index is 778. The fourth-order valence-corrected chi connectivity index (χ4v) is 3.55. The van der Waals surface area contributed by atoms with Crippen LogP contribution in [0.3, 0.4) is 0 Å². The molecule has 0 saturated heterocycles. The molecule has 7 heteroatoms. The topological polar surface area (TPSA) is 83.3 Å². The highest BCUT2D eigenvalue weighted by Crippen LogP contribution is 2.26. The number of amides is 1. The van der Waals surface area contributed by atoms with Crippen molar-refractivity contribution >= 4 is 17.7 Å². The zero-order valence-electron chi connectivity index (χ0n) is 16.6. The summed E-state index contributed by atoms with van der Waals surface area (Å²) in [7, 11) is 3.94. The van der Waals surface area contributed by atoms with Crippen molar-refractivity contribution in [2.24, 2.45) is 5.92 Å². The van der Waals surface area contributed by atoms with Gasteiger partial charge in [0.15, 0.2) is 0 Å². The molecule has 0 spiro atoms. The Kier molecular flexibility index (Phi) is 5.98. The predicted octanol–water partition coefficient (Wildman–Crippen LogP) is 3.15. The van der Waals surface area contributed by atoms with Gasteiger partial charge in [-0.15, -0.1) is 0 Å². The smallest absolute Gasteiger partial charge is 0.254 e. The van der Waals surface area contributed by atoms with Gasteiger partial charge in [-0.3, -0.25) is 4.79 Å². The van der Waals surface area contributed by atoms with Crippen LogP contribution >= 0.6 is 0 Å². The van der Waals surface area contributed by atoms with E-state index in [1.54, 1.807) is 12.3 Å². The van der Waals surface area contributed by atoms with Gasteiger partial charge in [0.05, 0.1) is 5.56 Å². The van der Waals surface area contributed by atoms with E-state index in [2.05, 4.69) is 20.6 Å². The summed E-state index contributed by atoms with van der Waals surface area (Å²) in [5.41, 5.74) is 0.640. The molecule has 2 heterocycles. The van der Waals surface area contributed by atoms with Crippen molar-refractivity contribution in [3.05, 3.63) is 35.4 Å². The fourth-order valence-electron chi connectivity index (χ4n) is 3.55. The molecular formula is C20H29N5O2. The van der Waals surface area contributed by atoms with Crippen molar-refractivity contribution in [3.63, 3.8) is 0 Å². The molecule has 7 nitrogen and oxygen atoms in total. The number of carbonyl (C=O) groups is 1. The zero-order chi connectivity index (χ0) is 19.4. The van der Waals surface area contributed by atoms with E-state index in [1.807, 2.05) is 38.9 Å². The molecule has 0 aromatic carbocycles. The molecule has 146 valence electrons. The van der Waals surface area contributed by atoms with Gasteiger partial charge < -0.3 is 20.0 Å².